The lowest BCUT2D eigenvalue weighted by molar-refractivity contribution is 0.549. The lowest BCUT2D eigenvalue weighted by Crippen LogP contribution is -2.09. The Kier molecular flexibility index (Phi) is 8.25. The molecule has 0 radical (unpaired) electrons. The minimum absolute atomic E-state index is 0.135. The van der Waals surface area contributed by atoms with Crippen LogP contribution in [0.25, 0.3) is 21.5 Å². The summed E-state index contributed by atoms with van der Waals surface area (Å²) in [4.78, 5) is 4.49. The fraction of sp³-hybridized carbons (Fsp3) is 0.188. The quantitative estimate of drug-likeness (QED) is 0.193. The molecule has 8 nitrogen and oxygen atoms in total. The Morgan fingerprint density at radius 1 is 0.595 bits per heavy atom. The van der Waals surface area contributed by atoms with Gasteiger partial charge in [-0.3, -0.25) is 9.11 Å². The number of anilines is 2. The van der Waals surface area contributed by atoms with Crippen LogP contribution in [0.1, 0.15) is 5.56 Å². The number of nitrogens with zero attached hydrogens (tertiary/aromatic N) is 4. The molecule has 0 amide bonds. The minimum Gasteiger partial charge on any atom is -0.377 e. The highest BCUT2D eigenvalue weighted by molar-refractivity contribution is 7.88. The van der Waals surface area contributed by atoms with Crippen LogP contribution in [0.15, 0.2) is 116 Å². The predicted molar refractivity (Wildman–Crippen MR) is 174 cm³/mol. The lowest BCUT2D eigenvalue weighted by atomic mass is 10.1. The van der Waals surface area contributed by atoms with E-state index in [1.165, 1.54) is 0 Å². The van der Waals surface area contributed by atoms with Gasteiger partial charge in [-0.1, -0.05) is 60.7 Å². The minimum atomic E-state index is -3.72. The van der Waals surface area contributed by atoms with Crippen LogP contribution in [0, 0.1) is 0 Å². The molecule has 0 saturated heterocycles. The highest BCUT2D eigenvalue weighted by Crippen LogP contribution is 2.33. The largest absolute Gasteiger partial charge is 0.377 e. The second kappa shape index (κ2) is 11.7. The van der Waals surface area contributed by atoms with Crippen molar-refractivity contribution in [2.24, 2.45) is 8.73 Å². The Balaban J connectivity index is 1.37. The summed E-state index contributed by atoms with van der Waals surface area (Å²) in [7, 11) is 0.381. The van der Waals surface area contributed by atoms with E-state index < -0.39 is 20.0 Å². The molecule has 0 saturated carbocycles. The molecular weight excluding hydrogens is 569 g/mol. The Hall–Kier alpha value is -3.96. The first-order valence-electron chi connectivity index (χ1n) is 13.4. The number of fused-ring (bicyclic) bond motifs is 2. The van der Waals surface area contributed by atoms with E-state index in [0.717, 1.165) is 27.7 Å². The molecule has 0 aliphatic carbocycles. The van der Waals surface area contributed by atoms with Gasteiger partial charge in [0, 0.05) is 61.1 Å². The summed E-state index contributed by atoms with van der Waals surface area (Å²) in [5.41, 5.74) is 3.14. The van der Waals surface area contributed by atoms with Crippen molar-refractivity contribution in [3.63, 3.8) is 0 Å². The molecule has 218 valence electrons. The molecule has 0 fully saturated rings. The van der Waals surface area contributed by atoms with E-state index in [-0.39, 0.29) is 11.4 Å². The monoisotopic (exact) mass is 602 g/mol. The molecule has 5 aromatic carbocycles. The molecule has 2 atom stereocenters. The first-order valence-corrected chi connectivity index (χ1v) is 16.3. The van der Waals surface area contributed by atoms with Gasteiger partial charge < -0.3 is 9.80 Å². The molecule has 2 unspecified atom stereocenters. The van der Waals surface area contributed by atoms with Crippen LogP contribution in [-0.4, -0.2) is 52.3 Å². The van der Waals surface area contributed by atoms with Gasteiger partial charge >= 0.3 is 0 Å². The molecule has 5 aromatic rings. The number of benzene rings is 5. The smallest absolute Gasteiger partial charge is 0.196 e. The number of hydrogen-bond donors (Lipinski definition) is 2. The summed E-state index contributed by atoms with van der Waals surface area (Å²) in [6.45, 7) is 0.135. The number of hydrogen-bond acceptors (Lipinski definition) is 6. The molecule has 0 heterocycles. The molecule has 0 aliphatic heterocycles. The van der Waals surface area contributed by atoms with Gasteiger partial charge in [0.25, 0.3) is 0 Å². The van der Waals surface area contributed by atoms with Crippen molar-refractivity contribution >= 4 is 58.6 Å². The van der Waals surface area contributed by atoms with E-state index in [1.54, 1.807) is 48.5 Å². The third-order valence-electron chi connectivity index (χ3n) is 7.09. The molecular formula is C32H34N4O4S2. The SMILES string of the molecule is CN(C)c1cccc2c(S(=O)(O)=NCCc3ccc(N=S(=O)(O)c4cccc5c(N(C)C)cccc45)cc3)cccc12. The average molecular weight is 603 g/mol. The Morgan fingerprint density at radius 2 is 1.05 bits per heavy atom. The maximum absolute atomic E-state index is 13.4. The van der Waals surface area contributed by atoms with Crippen molar-refractivity contribution in [3.05, 3.63) is 103 Å². The molecule has 0 aromatic heterocycles. The van der Waals surface area contributed by atoms with Gasteiger partial charge in [-0.15, -0.1) is 0 Å². The van der Waals surface area contributed by atoms with Crippen molar-refractivity contribution in [2.75, 3.05) is 44.5 Å². The zero-order valence-corrected chi connectivity index (χ0v) is 25.6. The van der Waals surface area contributed by atoms with Crippen LogP contribution < -0.4 is 9.80 Å². The fourth-order valence-electron chi connectivity index (χ4n) is 5.06. The van der Waals surface area contributed by atoms with Crippen molar-refractivity contribution < 1.29 is 17.5 Å². The van der Waals surface area contributed by atoms with Crippen LogP contribution in [0.5, 0.6) is 0 Å². The molecule has 42 heavy (non-hydrogen) atoms. The lowest BCUT2D eigenvalue weighted by Gasteiger charge is -2.17. The second-order valence-electron chi connectivity index (χ2n) is 10.4. The average Bonchev–Trinajstić information content (AvgIpc) is 2.96. The van der Waals surface area contributed by atoms with Crippen LogP contribution in [0.4, 0.5) is 17.1 Å². The van der Waals surface area contributed by atoms with E-state index in [1.807, 2.05) is 86.5 Å². The Bertz CT molecular complexity index is 2020. The van der Waals surface area contributed by atoms with Gasteiger partial charge in [-0.25, -0.2) is 12.8 Å². The topological polar surface area (TPSA) is 106 Å². The Morgan fingerprint density at radius 3 is 1.55 bits per heavy atom. The van der Waals surface area contributed by atoms with Crippen LogP contribution in [0.3, 0.4) is 0 Å². The van der Waals surface area contributed by atoms with E-state index in [0.29, 0.717) is 27.8 Å². The van der Waals surface area contributed by atoms with Crippen molar-refractivity contribution in [2.45, 2.75) is 16.2 Å². The van der Waals surface area contributed by atoms with E-state index in [9.17, 15) is 17.5 Å². The highest BCUT2D eigenvalue weighted by Gasteiger charge is 2.16. The van der Waals surface area contributed by atoms with Crippen molar-refractivity contribution in [1.29, 1.82) is 0 Å². The third kappa shape index (κ3) is 5.98. The van der Waals surface area contributed by atoms with Gasteiger partial charge in [-0.2, -0.15) is 4.36 Å². The predicted octanol–water partition coefficient (Wildman–Crippen LogP) is 7.30. The van der Waals surface area contributed by atoms with Gasteiger partial charge in [0.1, 0.15) is 0 Å². The second-order valence-corrected chi connectivity index (χ2v) is 13.7. The highest BCUT2D eigenvalue weighted by atomic mass is 32.2. The molecule has 2 N–H and O–H groups in total. The van der Waals surface area contributed by atoms with Gasteiger partial charge in [0.05, 0.1) is 22.0 Å². The van der Waals surface area contributed by atoms with Crippen LogP contribution in [-0.2, 0) is 26.4 Å². The summed E-state index contributed by atoms with van der Waals surface area (Å²) < 4.78 is 56.9. The van der Waals surface area contributed by atoms with Gasteiger partial charge in [0.2, 0.25) is 0 Å². The summed E-state index contributed by atoms with van der Waals surface area (Å²) in [6.07, 6.45) is 0.427. The maximum atomic E-state index is 13.4. The van der Waals surface area contributed by atoms with Crippen molar-refractivity contribution in [3.8, 4) is 0 Å². The maximum Gasteiger partial charge on any atom is 0.196 e. The summed E-state index contributed by atoms with van der Waals surface area (Å²) >= 11 is 0. The zero-order chi connectivity index (χ0) is 30.1. The first kappa shape index (κ1) is 29.5. The fourth-order valence-corrected chi connectivity index (χ4v) is 7.48. The van der Waals surface area contributed by atoms with E-state index in [4.69, 9.17) is 0 Å². The molecule has 0 spiro atoms. The summed E-state index contributed by atoms with van der Waals surface area (Å²) in [5.74, 6) is 0. The summed E-state index contributed by atoms with van der Waals surface area (Å²) in [5, 5.41) is 3.13. The van der Waals surface area contributed by atoms with E-state index >= 15 is 0 Å². The van der Waals surface area contributed by atoms with Crippen molar-refractivity contribution in [1.82, 2.24) is 0 Å². The zero-order valence-electron chi connectivity index (χ0n) is 24.0. The Labute approximate surface area is 247 Å². The van der Waals surface area contributed by atoms with Crippen LogP contribution in [0.2, 0.25) is 0 Å². The molecule has 0 aliphatic rings. The van der Waals surface area contributed by atoms with Crippen LogP contribution >= 0.6 is 0 Å². The standard InChI is InChI=1S/C32H34N4O4S2/c1-35(2)29-13-5-11-27-25(29)9-7-15-31(27)41(37,38)33-22-21-23-17-19-24(20-18-23)34-42(39,40)32-16-8-10-26-28(32)12-6-14-30(26)36(3)4/h5-20H,21-22H2,1-4H3,(H,33,37,38)(H,34,39,40). The van der Waals surface area contributed by atoms with Gasteiger partial charge in [-0.05, 0) is 48.4 Å². The molecule has 0 bridgehead atoms. The normalized spacial score (nSPS) is 14.2. The third-order valence-corrected chi connectivity index (χ3v) is 9.94. The first-order chi connectivity index (χ1) is 20.0. The van der Waals surface area contributed by atoms with Gasteiger partial charge in [0.15, 0.2) is 20.0 Å². The molecule has 10 heteroatoms. The van der Waals surface area contributed by atoms with E-state index in [2.05, 4.69) is 8.73 Å². The molecule has 5 rings (SSSR count). The summed E-state index contributed by atoms with van der Waals surface area (Å²) in [6, 6.07) is 28.9. The number of rotatable bonds is 8.